The van der Waals surface area contributed by atoms with E-state index in [9.17, 15) is 0 Å². The minimum atomic E-state index is -0.175. The molecule has 0 spiro atoms. The minimum absolute atomic E-state index is 0.0127. The molecule has 1 aliphatic carbocycles. The van der Waals surface area contributed by atoms with Crippen molar-refractivity contribution < 1.29 is 5.11 Å². The van der Waals surface area contributed by atoms with E-state index in [2.05, 4.69) is 0 Å². The molecule has 1 saturated carbocycles. The molecular weight excluding hydrogens is 102 g/mol. The molecule has 1 fully saturated rings. The van der Waals surface area contributed by atoms with Crippen LogP contribution < -0.4 is 5.73 Å². The van der Waals surface area contributed by atoms with Gasteiger partial charge in [-0.2, -0.15) is 0 Å². The molecule has 2 heteroatoms. The summed E-state index contributed by atoms with van der Waals surface area (Å²) in [6.07, 6.45) is 3.45. The number of aliphatic hydroxyl groups is 1. The molecule has 1 aliphatic rings. The highest BCUT2D eigenvalue weighted by molar-refractivity contribution is 4.72. The first-order valence-corrected chi connectivity index (χ1v) is 3.18. The molecule has 0 unspecified atom stereocenters. The third-order valence-electron chi connectivity index (χ3n) is 1.65. The molecule has 1 radical (unpaired) electrons. The van der Waals surface area contributed by atoms with Crippen LogP contribution in [0.3, 0.4) is 0 Å². The molecule has 0 aromatic rings. The Balaban J connectivity index is 2.23. The smallest absolute Gasteiger partial charge is 0.0555 e. The molecule has 0 amide bonds. The summed E-state index contributed by atoms with van der Waals surface area (Å²) in [5.74, 6) is 0. The Morgan fingerprint density at radius 1 is 1.38 bits per heavy atom. The maximum Gasteiger partial charge on any atom is 0.0555 e. The molecule has 0 heterocycles. The van der Waals surface area contributed by atoms with Crippen LogP contribution in [0.1, 0.15) is 25.7 Å². The third kappa shape index (κ3) is 1.46. The van der Waals surface area contributed by atoms with E-state index in [-0.39, 0.29) is 12.1 Å². The molecular formula is C6H12NO. The van der Waals surface area contributed by atoms with E-state index in [4.69, 9.17) is 10.8 Å². The van der Waals surface area contributed by atoms with Crippen molar-refractivity contribution in [3.05, 3.63) is 0 Å². The van der Waals surface area contributed by atoms with E-state index < -0.39 is 0 Å². The predicted molar refractivity (Wildman–Crippen MR) is 31.4 cm³/mol. The molecule has 2 nitrogen and oxygen atoms in total. The SMILES string of the molecule is [NH][C@H]1CCC[C@H](O)C1. The van der Waals surface area contributed by atoms with Crippen molar-refractivity contribution >= 4 is 0 Å². The van der Waals surface area contributed by atoms with E-state index in [1.807, 2.05) is 0 Å². The summed E-state index contributed by atoms with van der Waals surface area (Å²) < 4.78 is 0. The van der Waals surface area contributed by atoms with Crippen molar-refractivity contribution in [3.8, 4) is 0 Å². The van der Waals surface area contributed by atoms with Crippen molar-refractivity contribution in [1.82, 2.24) is 5.73 Å². The van der Waals surface area contributed by atoms with Gasteiger partial charge in [-0.15, -0.1) is 0 Å². The number of rotatable bonds is 0. The summed E-state index contributed by atoms with van der Waals surface area (Å²) in [7, 11) is 0. The van der Waals surface area contributed by atoms with Crippen molar-refractivity contribution in [1.29, 1.82) is 0 Å². The summed E-state index contributed by atoms with van der Waals surface area (Å²) in [5.41, 5.74) is 7.24. The zero-order valence-electron chi connectivity index (χ0n) is 4.93. The summed E-state index contributed by atoms with van der Waals surface area (Å²) in [6.45, 7) is 0. The van der Waals surface area contributed by atoms with Gasteiger partial charge < -0.3 is 5.11 Å². The van der Waals surface area contributed by atoms with E-state index in [1.54, 1.807) is 0 Å². The van der Waals surface area contributed by atoms with Gasteiger partial charge in [0.25, 0.3) is 0 Å². The highest BCUT2D eigenvalue weighted by atomic mass is 16.3. The van der Waals surface area contributed by atoms with Gasteiger partial charge in [-0.3, -0.25) is 5.73 Å². The highest BCUT2D eigenvalue weighted by Crippen LogP contribution is 2.16. The zero-order chi connectivity index (χ0) is 5.98. The summed E-state index contributed by atoms with van der Waals surface area (Å²) in [4.78, 5) is 0. The maximum absolute atomic E-state index is 8.96. The lowest BCUT2D eigenvalue weighted by Gasteiger charge is -2.20. The van der Waals surface area contributed by atoms with Crippen LogP contribution in [-0.4, -0.2) is 17.3 Å². The molecule has 0 aromatic heterocycles. The molecule has 0 aliphatic heterocycles. The molecule has 0 aromatic carbocycles. The lowest BCUT2D eigenvalue weighted by Crippen LogP contribution is -2.24. The molecule has 0 saturated heterocycles. The van der Waals surface area contributed by atoms with Crippen LogP contribution in [0.2, 0.25) is 0 Å². The van der Waals surface area contributed by atoms with Crippen molar-refractivity contribution in [2.45, 2.75) is 37.8 Å². The first kappa shape index (κ1) is 6.05. The van der Waals surface area contributed by atoms with Crippen LogP contribution in [0.4, 0.5) is 0 Å². The van der Waals surface area contributed by atoms with Crippen LogP contribution >= 0.6 is 0 Å². The average molecular weight is 114 g/mol. The Labute approximate surface area is 49.7 Å². The van der Waals surface area contributed by atoms with Gasteiger partial charge in [0.05, 0.1) is 6.10 Å². The van der Waals surface area contributed by atoms with Gasteiger partial charge in [-0.1, -0.05) is 0 Å². The van der Waals surface area contributed by atoms with Crippen LogP contribution in [0.15, 0.2) is 0 Å². The summed E-state index contributed by atoms with van der Waals surface area (Å²) in [5, 5.41) is 8.96. The Morgan fingerprint density at radius 3 is 2.50 bits per heavy atom. The number of aliphatic hydroxyl groups excluding tert-OH is 1. The number of hydrogen-bond donors (Lipinski definition) is 1. The fourth-order valence-corrected chi connectivity index (χ4v) is 1.16. The first-order chi connectivity index (χ1) is 3.79. The Bertz CT molecular complexity index is 66.9. The van der Waals surface area contributed by atoms with Gasteiger partial charge in [0.15, 0.2) is 0 Å². The van der Waals surface area contributed by atoms with Crippen LogP contribution in [-0.2, 0) is 0 Å². The molecule has 2 atom stereocenters. The third-order valence-corrected chi connectivity index (χ3v) is 1.65. The average Bonchev–Trinajstić information content (AvgIpc) is 1.64. The van der Waals surface area contributed by atoms with E-state index in [1.165, 1.54) is 0 Å². The Morgan fingerprint density at radius 2 is 2.12 bits per heavy atom. The molecule has 0 bridgehead atoms. The van der Waals surface area contributed by atoms with Gasteiger partial charge in [0, 0.05) is 6.04 Å². The second-order valence-corrected chi connectivity index (χ2v) is 2.52. The van der Waals surface area contributed by atoms with E-state index in [0.29, 0.717) is 6.42 Å². The van der Waals surface area contributed by atoms with Crippen LogP contribution in [0.25, 0.3) is 0 Å². The van der Waals surface area contributed by atoms with Gasteiger partial charge in [0.1, 0.15) is 0 Å². The monoisotopic (exact) mass is 114 g/mol. The molecule has 47 valence electrons. The van der Waals surface area contributed by atoms with Crippen molar-refractivity contribution in [2.75, 3.05) is 0 Å². The normalized spacial score (nSPS) is 39.8. The minimum Gasteiger partial charge on any atom is -0.393 e. The quantitative estimate of drug-likeness (QED) is 0.491. The van der Waals surface area contributed by atoms with Crippen molar-refractivity contribution in [3.63, 3.8) is 0 Å². The van der Waals surface area contributed by atoms with E-state index >= 15 is 0 Å². The van der Waals surface area contributed by atoms with E-state index in [0.717, 1.165) is 19.3 Å². The molecule has 1 rings (SSSR count). The summed E-state index contributed by atoms with van der Waals surface area (Å²) in [6, 6.07) is 0.0127. The van der Waals surface area contributed by atoms with Gasteiger partial charge in [-0.05, 0) is 25.7 Å². The lowest BCUT2D eigenvalue weighted by atomic mass is 9.94. The zero-order valence-corrected chi connectivity index (χ0v) is 4.93. The second-order valence-electron chi connectivity index (χ2n) is 2.52. The number of nitrogens with one attached hydrogen (secondary N) is 1. The van der Waals surface area contributed by atoms with Crippen molar-refractivity contribution in [2.24, 2.45) is 0 Å². The topological polar surface area (TPSA) is 44.0 Å². The van der Waals surface area contributed by atoms with Gasteiger partial charge in [0.2, 0.25) is 0 Å². The Hall–Kier alpha value is -0.0800. The first-order valence-electron chi connectivity index (χ1n) is 3.18. The fraction of sp³-hybridized carbons (Fsp3) is 1.00. The fourth-order valence-electron chi connectivity index (χ4n) is 1.16. The molecule has 2 N–H and O–H groups in total. The van der Waals surface area contributed by atoms with Gasteiger partial charge in [-0.25, -0.2) is 0 Å². The van der Waals surface area contributed by atoms with Crippen LogP contribution in [0.5, 0.6) is 0 Å². The number of hydrogen-bond acceptors (Lipinski definition) is 1. The standard InChI is InChI=1S/C6H12NO/c7-5-2-1-3-6(8)4-5/h5-8H,1-4H2/t5-,6-/m0/s1. The van der Waals surface area contributed by atoms with Crippen LogP contribution in [0, 0.1) is 0 Å². The van der Waals surface area contributed by atoms with Gasteiger partial charge >= 0.3 is 0 Å². The molecule has 8 heavy (non-hydrogen) atoms. The predicted octanol–water partition coefficient (Wildman–Crippen LogP) is 0.573. The largest absolute Gasteiger partial charge is 0.393 e. The Kier molecular flexibility index (Phi) is 1.86. The maximum atomic E-state index is 8.96. The summed E-state index contributed by atoms with van der Waals surface area (Å²) >= 11 is 0. The highest BCUT2D eigenvalue weighted by Gasteiger charge is 2.16. The second kappa shape index (κ2) is 2.46. The lowest BCUT2D eigenvalue weighted by molar-refractivity contribution is 0.119.